The molecule has 0 bridgehead atoms. The number of nitrogens with zero attached hydrogens (tertiary/aromatic N) is 1. The third-order valence-corrected chi connectivity index (χ3v) is 15.5. The first-order chi connectivity index (χ1) is 23.1. The van der Waals surface area contributed by atoms with Crippen molar-refractivity contribution in [2.24, 2.45) is 50.7 Å². The zero-order valence-corrected chi connectivity index (χ0v) is 33.1. The van der Waals surface area contributed by atoms with E-state index in [9.17, 15) is 14.7 Å². The van der Waals surface area contributed by atoms with Gasteiger partial charge in [-0.25, -0.2) is 4.79 Å². The van der Waals surface area contributed by atoms with Crippen molar-refractivity contribution in [3.63, 3.8) is 0 Å². The summed E-state index contributed by atoms with van der Waals surface area (Å²) in [6.45, 7) is 21.9. The van der Waals surface area contributed by atoms with Gasteiger partial charge in [0.15, 0.2) is 11.6 Å². The van der Waals surface area contributed by atoms with Crippen LogP contribution in [0.3, 0.4) is 0 Å². The number of allylic oxidation sites excluding steroid dienone is 2. The molecule has 1 N–H and O–H groups in total. The highest BCUT2D eigenvalue weighted by Crippen LogP contribution is 2.76. The smallest absolute Gasteiger partial charge is 0.410 e. The molecule has 276 valence electrons. The Balaban J connectivity index is 1.37. The average molecular weight is 708 g/mol. The number of fused-ring (bicyclic) bond motifs is 7. The number of carbonyl (C=O) groups is 3. The highest BCUT2D eigenvalue weighted by atomic mass is 35.5. The van der Waals surface area contributed by atoms with E-state index in [1.807, 2.05) is 32.9 Å². The van der Waals surface area contributed by atoms with Gasteiger partial charge in [0.05, 0.1) is 18.1 Å². The van der Waals surface area contributed by atoms with Gasteiger partial charge in [-0.15, -0.1) is 0 Å². The Morgan fingerprint density at radius 1 is 0.920 bits per heavy atom. The number of ketones is 2. The SMILES string of the molecule is CC(C)C1=C2C3CCC4[C@@]5(C)CCC(O)C(C)(C)C5CC[C@@]4(C)[C@]3(C)CC[C@@]2(C(=O)CN(Cc2ccc(Cl)cc2)C(=O)OC(C)(C)C)CC1=O. The average Bonchev–Trinajstić information content (AvgIpc) is 3.33. The molecule has 7 heteroatoms. The maximum atomic E-state index is 15.0. The molecule has 8 atom stereocenters. The number of carbonyl (C=O) groups excluding carboxylic acids is 3. The number of hydrogen-bond donors (Lipinski definition) is 1. The van der Waals surface area contributed by atoms with Crippen molar-refractivity contribution >= 4 is 29.3 Å². The van der Waals surface area contributed by atoms with Crippen molar-refractivity contribution in [1.29, 1.82) is 0 Å². The standard InChI is InChI=1S/C43H62ClNO5/c1-26(2)35-30(46)23-43(34(48)25-45(37(49)50-38(3,4)5)24-27-11-13-28(44)14-12-27)22-21-41(9)29(36(35)43)15-16-32-40(8)19-18-33(47)39(6,7)31(40)17-20-42(32,41)10/h11-14,26,29,31-33,47H,15-25H2,1-10H3/t29?,31?,32?,33?,40-,41+,42+,43-/m0/s1. The number of halogens is 1. The fourth-order valence-corrected chi connectivity index (χ4v) is 12.7. The lowest BCUT2D eigenvalue weighted by Gasteiger charge is -2.72. The van der Waals surface area contributed by atoms with Crippen LogP contribution in [0.5, 0.6) is 0 Å². The van der Waals surface area contributed by atoms with Gasteiger partial charge in [-0.3, -0.25) is 14.5 Å². The Kier molecular flexibility index (Phi) is 9.36. The lowest BCUT2D eigenvalue weighted by atomic mass is 9.33. The summed E-state index contributed by atoms with van der Waals surface area (Å²) in [7, 11) is 0. The summed E-state index contributed by atoms with van der Waals surface area (Å²) in [6, 6.07) is 7.33. The fraction of sp³-hybridized carbons (Fsp3) is 0.744. The summed E-state index contributed by atoms with van der Waals surface area (Å²) >= 11 is 6.17. The first kappa shape index (κ1) is 37.6. The summed E-state index contributed by atoms with van der Waals surface area (Å²) in [4.78, 5) is 44.4. The quantitative estimate of drug-likeness (QED) is 0.318. The molecule has 0 aliphatic heterocycles. The zero-order chi connectivity index (χ0) is 36.8. The Morgan fingerprint density at radius 2 is 1.58 bits per heavy atom. The third-order valence-electron chi connectivity index (χ3n) is 15.2. The molecule has 4 unspecified atom stereocenters. The number of aliphatic hydroxyl groups excluding tert-OH is 1. The Hall–Kier alpha value is -2.18. The first-order valence-electron chi connectivity index (χ1n) is 19.3. The van der Waals surface area contributed by atoms with Crippen LogP contribution in [-0.2, 0) is 20.9 Å². The van der Waals surface area contributed by atoms with Crippen LogP contribution in [0.4, 0.5) is 4.79 Å². The summed E-state index contributed by atoms with van der Waals surface area (Å²) in [5.74, 6) is 1.22. The number of aliphatic hydroxyl groups is 1. The second-order valence-corrected chi connectivity index (χ2v) is 20.0. The first-order valence-corrected chi connectivity index (χ1v) is 19.7. The molecule has 0 aromatic heterocycles. The predicted octanol–water partition coefficient (Wildman–Crippen LogP) is 9.99. The largest absolute Gasteiger partial charge is 0.444 e. The number of benzene rings is 1. The van der Waals surface area contributed by atoms with Gasteiger partial charge in [0, 0.05) is 18.0 Å². The van der Waals surface area contributed by atoms with Crippen molar-refractivity contribution in [2.75, 3.05) is 6.54 Å². The monoisotopic (exact) mass is 707 g/mol. The molecule has 1 amide bonds. The van der Waals surface area contributed by atoms with Crippen LogP contribution < -0.4 is 0 Å². The van der Waals surface area contributed by atoms with Crippen LogP contribution in [0.15, 0.2) is 35.4 Å². The van der Waals surface area contributed by atoms with Crippen molar-refractivity contribution in [2.45, 2.75) is 145 Å². The second kappa shape index (κ2) is 12.5. The molecule has 0 saturated heterocycles. The maximum Gasteiger partial charge on any atom is 0.410 e. The molecule has 4 saturated carbocycles. The lowest BCUT2D eigenvalue weighted by Crippen LogP contribution is -2.66. The third kappa shape index (κ3) is 5.72. The molecule has 5 aliphatic carbocycles. The number of rotatable bonds is 6. The van der Waals surface area contributed by atoms with Crippen LogP contribution in [0.25, 0.3) is 0 Å². The summed E-state index contributed by atoms with van der Waals surface area (Å²) < 4.78 is 5.84. The minimum absolute atomic E-state index is 0.0185. The minimum atomic E-state index is -0.900. The molecule has 0 spiro atoms. The van der Waals surface area contributed by atoms with Crippen LogP contribution in [0.2, 0.25) is 5.02 Å². The molecule has 6 rings (SSSR count). The number of ether oxygens (including phenoxy) is 1. The molecule has 6 nitrogen and oxygen atoms in total. The van der Waals surface area contributed by atoms with Gasteiger partial charge >= 0.3 is 6.09 Å². The normalized spacial score (nSPS) is 37.8. The van der Waals surface area contributed by atoms with Crippen molar-refractivity contribution in [3.05, 3.63) is 46.0 Å². The van der Waals surface area contributed by atoms with E-state index in [-0.39, 0.29) is 70.7 Å². The second-order valence-electron chi connectivity index (χ2n) is 19.5. The van der Waals surface area contributed by atoms with Crippen LogP contribution in [-0.4, -0.2) is 45.9 Å². The van der Waals surface area contributed by atoms with Crippen molar-refractivity contribution in [3.8, 4) is 0 Å². The van der Waals surface area contributed by atoms with Crippen LogP contribution in [0.1, 0.15) is 133 Å². The number of Topliss-reactive ketones (excluding diaryl/α,β-unsaturated/α-hetero) is 2. The van der Waals surface area contributed by atoms with Gasteiger partial charge in [-0.05, 0) is 146 Å². The minimum Gasteiger partial charge on any atom is -0.444 e. The van der Waals surface area contributed by atoms with E-state index in [0.717, 1.165) is 61.7 Å². The molecule has 4 fully saturated rings. The molecule has 5 aliphatic rings. The molecular weight excluding hydrogens is 646 g/mol. The molecule has 1 aromatic rings. The van der Waals surface area contributed by atoms with E-state index in [0.29, 0.717) is 23.3 Å². The van der Waals surface area contributed by atoms with Gasteiger partial charge < -0.3 is 9.84 Å². The van der Waals surface area contributed by atoms with E-state index < -0.39 is 17.1 Å². The zero-order valence-electron chi connectivity index (χ0n) is 32.4. The molecule has 0 heterocycles. The van der Waals surface area contributed by atoms with Gasteiger partial charge in [0.1, 0.15) is 5.60 Å². The van der Waals surface area contributed by atoms with Gasteiger partial charge in [-0.1, -0.05) is 72.2 Å². The fourth-order valence-electron chi connectivity index (χ4n) is 12.6. The molecular formula is C43H62ClNO5. The van der Waals surface area contributed by atoms with Crippen LogP contribution >= 0.6 is 11.6 Å². The van der Waals surface area contributed by atoms with Gasteiger partial charge in [-0.2, -0.15) is 0 Å². The lowest BCUT2D eigenvalue weighted by molar-refractivity contribution is -0.228. The predicted molar refractivity (Wildman–Crippen MR) is 199 cm³/mol. The summed E-state index contributed by atoms with van der Waals surface area (Å²) in [5, 5.41) is 11.7. The van der Waals surface area contributed by atoms with Crippen LogP contribution in [0, 0.1) is 50.7 Å². The van der Waals surface area contributed by atoms with E-state index >= 15 is 4.79 Å². The number of amides is 1. The van der Waals surface area contributed by atoms with E-state index in [2.05, 4.69) is 48.5 Å². The van der Waals surface area contributed by atoms with E-state index in [4.69, 9.17) is 16.3 Å². The molecule has 50 heavy (non-hydrogen) atoms. The van der Waals surface area contributed by atoms with E-state index in [1.165, 1.54) is 4.90 Å². The number of hydrogen-bond acceptors (Lipinski definition) is 5. The highest BCUT2D eigenvalue weighted by molar-refractivity contribution is 6.30. The van der Waals surface area contributed by atoms with E-state index in [1.54, 1.807) is 12.1 Å². The topological polar surface area (TPSA) is 83.9 Å². The summed E-state index contributed by atoms with van der Waals surface area (Å²) in [6.07, 6.45) is 7.08. The van der Waals surface area contributed by atoms with Gasteiger partial charge in [0.2, 0.25) is 0 Å². The maximum absolute atomic E-state index is 15.0. The van der Waals surface area contributed by atoms with Crippen molar-refractivity contribution < 1.29 is 24.2 Å². The highest BCUT2D eigenvalue weighted by Gasteiger charge is 2.70. The van der Waals surface area contributed by atoms with Crippen molar-refractivity contribution in [1.82, 2.24) is 4.90 Å². The van der Waals surface area contributed by atoms with Gasteiger partial charge in [0.25, 0.3) is 0 Å². The Labute approximate surface area is 306 Å². The molecule has 1 aromatic carbocycles. The molecule has 0 radical (unpaired) electrons. The summed E-state index contributed by atoms with van der Waals surface area (Å²) in [5.41, 5.74) is 1.23. The Bertz CT molecular complexity index is 1570. The Morgan fingerprint density at radius 3 is 2.20 bits per heavy atom.